The van der Waals surface area contributed by atoms with Crippen molar-refractivity contribution < 1.29 is 10.2 Å². The lowest BCUT2D eigenvalue weighted by Crippen LogP contribution is -2.45. The van der Waals surface area contributed by atoms with Crippen molar-refractivity contribution in [2.45, 2.75) is 31.5 Å². The van der Waals surface area contributed by atoms with Crippen molar-refractivity contribution in [3.63, 3.8) is 0 Å². The molecule has 0 aliphatic carbocycles. The van der Waals surface area contributed by atoms with E-state index in [9.17, 15) is 10.2 Å². The second kappa shape index (κ2) is 8.15. The smallest absolute Gasteiger partial charge is 0.0587 e. The van der Waals surface area contributed by atoms with E-state index in [0.29, 0.717) is 6.42 Å². The van der Waals surface area contributed by atoms with Gasteiger partial charge in [-0.1, -0.05) is 18.2 Å². The summed E-state index contributed by atoms with van der Waals surface area (Å²) in [6.07, 6.45) is 2.92. The summed E-state index contributed by atoms with van der Waals surface area (Å²) < 4.78 is 1.31. The Balaban J connectivity index is 0.000000774. The van der Waals surface area contributed by atoms with Gasteiger partial charge in [-0.15, -0.1) is 11.3 Å². The Morgan fingerprint density at radius 2 is 2.10 bits per heavy atom. The number of fused-ring (bicyclic) bond motifs is 1. The number of likely N-dealkylation sites (tertiary alicyclic amines) is 1. The summed E-state index contributed by atoms with van der Waals surface area (Å²) in [7, 11) is 0. The van der Waals surface area contributed by atoms with Gasteiger partial charge in [0.15, 0.2) is 0 Å². The van der Waals surface area contributed by atoms with Gasteiger partial charge in [0.25, 0.3) is 0 Å². The number of benzene rings is 1. The van der Waals surface area contributed by atoms with Crippen molar-refractivity contribution in [1.29, 1.82) is 0 Å². The lowest BCUT2D eigenvalue weighted by molar-refractivity contribution is 0.0131. The van der Waals surface area contributed by atoms with E-state index in [2.05, 4.69) is 47.2 Å². The first-order valence-corrected chi connectivity index (χ1v) is 8.98. The molecule has 0 radical (unpaired) electrons. The minimum Gasteiger partial charge on any atom is -0.395 e. The van der Waals surface area contributed by atoms with E-state index in [4.69, 9.17) is 0 Å². The van der Waals surface area contributed by atoms with E-state index < -0.39 is 0 Å². The first-order valence-electron chi connectivity index (χ1n) is 7.20. The van der Waals surface area contributed by atoms with Crippen molar-refractivity contribution in [3.8, 4) is 0 Å². The minimum absolute atomic E-state index is 0.0856. The predicted octanol–water partition coefficient (Wildman–Crippen LogP) is 2.76. The van der Waals surface area contributed by atoms with Gasteiger partial charge in [0.2, 0.25) is 0 Å². The number of nitrogens with zero attached hydrogens (tertiary/aromatic N) is 1. The Morgan fingerprint density at radius 3 is 2.86 bits per heavy atom. The van der Waals surface area contributed by atoms with Crippen LogP contribution in [0.3, 0.4) is 0 Å². The van der Waals surface area contributed by atoms with Gasteiger partial charge in [-0.2, -0.15) is 12.6 Å². The molecule has 1 aromatic carbocycles. The fraction of sp³-hybridized carbons (Fsp3) is 0.500. The number of aliphatic hydroxyl groups is 2. The molecule has 3 nitrogen and oxygen atoms in total. The number of rotatable bonds is 3. The second-order valence-electron chi connectivity index (χ2n) is 5.24. The van der Waals surface area contributed by atoms with Crippen molar-refractivity contribution in [3.05, 3.63) is 35.2 Å². The third-order valence-electron chi connectivity index (χ3n) is 3.96. The first kappa shape index (κ1) is 16.8. The lowest BCUT2D eigenvalue weighted by Gasteiger charge is -2.36. The van der Waals surface area contributed by atoms with E-state index in [1.807, 2.05) is 0 Å². The summed E-state index contributed by atoms with van der Waals surface area (Å²) in [5.41, 5.74) is 1.33. The number of hydrogen-bond acceptors (Lipinski definition) is 5. The zero-order valence-corrected chi connectivity index (χ0v) is 14.0. The molecule has 3 rings (SSSR count). The van der Waals surface area contributed by atoms with Gasteiger partial charge in [0.1, 0.15) is 0 Å². The fourth-order valence-electron chi connectivity index (χ4n) is 2.85. The molecule has 1 aliphatic rings. The zero-order valence-electron chi connectivity index (χ0n) is 12.3. The van der Waals surface area contributed by atoms with E-state index >= 15 is 0 Å². The monoisotopic (exact) mass is 325 g/mol. The Kier molecular flexibility index (Phi) is 6.51. The van der Waals surface area contributed by atoms with Crippen LogP contribution in [0.1, 0.15) is 18.4 Å². The highest BCUT2D eigenvalue weighted by atomic mass is 32.1. The normalized spacial score (nSPS) is 22.9. The van der Waals surface area contributed by atoms with Crippen LogP contribution in [0.5, 0.6) is 0 Å². The number of aliphatic hydroxyl groups excluding tert-OH is 2. The average Bonchev–Trinajstić information content (AvgIpc) is 2.94. The van der Waals surface area contributed by atoms with Gasteiger partial charge in [-0.3, -0.25) is 4.90 Å². The van der Waals surface area contributed by atoms with Crippen molar-refractivity contribution >= 4 is 34.1 Å². The molecule has 1 fully saturated rings. The highest BCUT2D eigenvalue weighted by Crippen LogP contribution is 2.28. The minimum atomic E-state index is -0.257. The summed E-state index contributed by atoms with van der Waals surface area (Å²) in [6, 6.07) is 8.53. The molecular formula is C16H23NO2S2. The van der Waals surface area contributed by atoms with Crippen LogP contribution in [0.25, 0.3) is 10.1 Å². The van der Waals surface area contributed by atoms with E-state index in [1.165, 1.54) is 15.6 Å². The van der Waals surface area contributed by atoms with Crippen LogP contribution in [0.15, 0.2) is 29.6 Å². The second-order valence-corrected chi connectivity index (χ2v) is 6.15. The largest absolute Gasteiger partial charge is 0.395 e. The first-order chi connectivity index (χ1) is 10.3. The molecule has 0 amide bonds. The Labute approximate surface area is 135 Å². The predicted molar refractivity (Wildman–Crippen MR) is 93.3 cm³/mol. The molecule has 0 saturated carbocycles. The molecule has 1 aromatic heterocycles. The molecule has 0 bridgehead atoms. The van der Waals surface area contributed by atoms with E-state index in [1.54, 1.807) is 17.6 Å². The third kappa shape index (κ3) is 3.99. The highest BCUT2D eigenvalue weighted by Gasteiger charge is 2.27. The number of piperidine rings is 1. The molecule has 2 N–H and O–H groups in total. The van der Waals surface area contributed by atoms with Crippen LogP contribution in [0.2, 0.25) is 0 Å². The Morgan fingerprint density at radius 1 is 1.33 bits per heavy atom. The van der Waals surface area contributed by atoms with Gasteiger partial charge in [-0.25, -0.2) is 0 Å². The molecule has 0 spiro atoms. The number of thiol groups is 1. The topological polar surface area (TPSA) is 43.7 Å². The summed E-state index contributed by atoms with van der Waals surface area (Å²) in [5, 5.41) is 22.7. The standard InChI is InChI=1S/C15H19NO2S.CH4S/c17-9-12-7-13(18)5-6-16(12)8-11-10-19-15-4-2-1-3-14(11)15;1-2/h1-4,10,12-13,17-18H,5-9H2;2H,1H3. The van der Waals surface area contributed by atoms with E-state index in [0.717, 1.165) is 19.5 Å². The van der Waals surface area contributed by atoms with Gasteiger partial charge < -0.3 is 10.2 Å². The van der Waals surface area contributed by atoms with Crippen molar-refractivity contribution in [2.24, 2.45) is 0 Å². The Hall–Kier alpha value is -0.590. The van der Waals surface area contributed by atoms with Crippen LogP contribution < -0.4 is 0 Å². The summed E-state index contributed by atoms with van der Waals surface area (Å²) in [4.78, 5) is 2.29. The number of thiophene rings is 1. The maximum Gasteiger partial charge on any atom is 0.0587 e. The molecule has 5 heteroatoms. The van der Waals surface area contributed by atoms with Gasteiger partial charge in [0.05, 0.1) is 12.7 Å². The van der Waals surface area contributed by atoms with Crippen LogP contribution in [0, 0.1) is 0 Å². The SMILES string of the molecule is CS.OCC1CC(O)CCN1Cc1csc2ccccc12. The molecule has 116 valence electrons. The maximum atomic E-state index is 9.69. The molecular weight excluding hydrogens is 302 g/mol. The van der Waals surface area contributed by atoms with Crippen LogP contribution in [-0.2, 0) is 6.54 Å². The highest BCUT2D eigenvalue weighted by molar-refractivity contribution is 7.79. The van der Waals surface area contributed by atoms with Crippen LogP contribution in [-0.4, -0.2) is 46.7 Å². The third-order valence-corrected chi connectivity index (χ3v) is 4.97. The van der Waals surface area contributed by atoms with Crippen LogP contribution in [0.4, 0.5) is 0 Å². The zero-order chi connectivity index (χ0) is 15.2. The van der Waals surface area contributed by atoms with E-state index in [-0.39, 0.29) is 18.8 Å². The maximum absolute atomic E-state index is 9.69. The van der Waals surface area contributed by atoms with Crippen molar-refractivity contribution in [2.75, 3.05) is 19.4 Å². The van der Waals surface area contributed by atoms with Gasteiger partial charge in [-0.05, 0) is 41.5 Å². The molecule has 21 heavy (non-hydrogen) atoms. The fourth-order valence-corrected chi connectivity index (χ4v) is 3.80. The van der Waals surface area contributed by atoms with Crippen LogP contribution >= 0.6 is 24.0 Å². The summed E-state index contributed by atoms with van der Waals surface area (Å²) >= 11 is 5.30. The molecule has 2 aromatic rings. The molecule has 2 unspecified atom stereocenters. The Bertz CT molecular complexity index is 558. The summed E-state index contributed by atoms with van der Waals surface area (Å²) in [6.45, 7) is 1.84. The quantitative estimate of drug-likeness (QED) is 0.760. The number of hydrogen-bond donors (Lipinski definition) is 3. The molecule has 2 atom stereocenters. The van der Waals surface area contributed by atoms with Gasteiger partial charge in [0, 0.05) is 23.8 Å². The average molecular weight is 325 g/mol. The molecule has 2 heterocycles. The molecule has 1 aliphatic heterocycles. The molecule has 1 saturated heterocycles. The lowest BCUT2D eigenvalue weighted by atomic mass is 9.99. The summed E-state index contributed by atoms with van der Waals surface area (Å²) in [5.74, 6) is 0. The van der Waals surface area contributed by atoms with Crippen molar-refractivity contribution in [1.82, 2.24) is 4.90 Å². The van der Waals surface area contributed by atoms with Gasteiger partial charge >= 0.3 is 0 Å².